The number of rotatable bonds is 6. The molecule has 0 saturated heterocycles. The van der Waals surface area contributed by atoms with Crippen LogP contribution >= 0.6 is 11.8 Å². The van der Waals surface area contributed by atoms with Crippen LogP contribution in [0.5, 0.6) is 0 Å². The van der Waals surface area contributed by atoms with Gasteiger partial charge >= 0.3 is 0 Å². The molecule has 0 aliphatic heterocycles. The van der Waals surface area contributed by atoms with Crippen LogP contribution in [0.1, 0.15) is 22.7 Å². The van der Waals surface area contributed by atoms with Gasteiger partial charge in [-0.15, -0.1) is 11.8 Å². The third-order valence-corrected chi connectivity index (χ3v) is 5.17. The summed E-state index contributed by atoms with van der Waals surface area (Å²) in [5, 5.41) is 3.93. The number of hydrogen-bond acceptors (Lipinski definition) is 6. The van der Waals surface area contributed by atoms with Crippen molar-refractivity contribution in [3.05, 3.63) is 77.3 Å². The van der Waals surface area contributed by atoms with Crippen LogP contribution < -0.4 is 0 Å². The molecule has 0 radical (unpaired) electrons. The van der Waals surface area contributed by atoms with Crippen molar-refractivity contribution in [2.45, 2.75) is 25.4 Å². The normalized spacial score (nSPS) is 11.1. The van der Waals surface area contributed by atoms with Crippen LogP contribution in [0.15, 0.2) is 57.7 Å². The zero-order valence-corrected chi connectivity index (χ0v) is 16.3. The van der Waals surface area contributed by atoms with Crippen molar-refractivity contribution in [1.29, 1.82) is 0 Å². The Labute approximate surface area is 166 Å². The summed E-state index contributed by atoms with van der Waals surface area (Å²) in [7, 11) is 0. The van der Waals surface area contributed by atoms with E-state index in [1.165, 1.54) is 11.6 Å². The molecule has 7 heteroatoms. The van der Waals surface area contributed by atoms with E-state index in [1.807, 2.05) is 31.2 Å². The molecule has 5 nitrogen and oxygen atoms in total. The van der Waals surface area contributed by atoms with E-state index < -0.39 is 0 Å². The van der Waals surface area contributed by atoms with Crippen LogP contribution in [0, 0.1) is 19.7 Å². The van der Waals surface area contributed by atoms with Gasteiger partial charge in [-0.25, -0.2) is 9.37 Å². The number of benzene rings is 2. The Morgan fingerprint density at radius 1 is 0.964 bits per heavy atom. The molecule has 0 aliphatic carbocycles. The minimum Gasteiger partial charge on any atom is -0.444 e. The number of aryl methyl sites for hydroxylation is 2. The lowest BCUT2D eigenvalue weighted by atomic mass is 10.1. The monoisotopic (exact) mass is 395 g/mol. The van der Waals surface area contributed by atoms with E-state index in [-0.39, 0.29) is 5.82 Å². The quantitative estimate of drug-likeness (QED) is 0.425. The highest BCUT2D eigenvalue weighted by Gasteiger charge is 2.12. The molecule has 4 rings (SSSR count). The smallest absolute Gasteiger partial charge is 0.236 e. The van der Waals surface area contributed by atoms with Crippen LogP contribution in [0.3, 0.4) is 0 Å². The summed E-state index contributed by atoms with van der Waals surface area (Å²) in [5.74, 6) is 2.40. The highest BCUT2D eigenvalue weighted by Crippen LogP contribution is 2.24. The van der Waals surface area contributed by atoms with Crippen molar-refractivity contribution in [3.63, 3.8) is 0 Å². The molecule has 0 bridgehead atoms. The van der Waals surface area contributed by atoms with Crippen LogP contribution in [0.25, 0.3) is 22.8 Å². The highest BCUT2D eigenvalue weighted by molar-refractivity contribution is 7.97. The van der Waals surface area contributed by atoms with Crippen molar-refractivity contribution < 1.29 is 13.3 Å². The Kier molecular flexibility index (Phi) is 5.25. The molecule has 0 amide bonds. The lowest BCUT2D eigenvalue weighted by Gasteiger charge is -1.97. The van der Waals surface area contributed by atoms with Gasteiger partial charge in [0.1, 0.15) is 12.1 Å². The lowest BCUT2D eigenvalue weighted by molar-refractivity contribution is 0.391. The van der Waals surface area contributed by atoms with Gasteiger partial charge in [-0.1, -0.05) is 35.0 Å². The molecular formula is C21H18FN3O2S. The Morgan fingerprint density at radius 3 is 2.54 bits per heavy atom. The molecule has 0 saturated carbocycles. The van der Waals surface area contributed by atoms with Crippen LogP contribution in [0.2, 0.25) is 0 Å². The predicted molar refractivity (Wildman–Crippen MR) is 106 cm³/mol. The first-order chi connectivity index (χ1) is 13.6. The summed E-state index contributed by atoms with van der Waals surface area (Å²) in [6.45, 7) is 3.76. The van der Waals surface area contributed by atoms with Crippen molar-refractivity contribution >= 4 is 11.8 Å². The molecule has 0 unspecified atom stereocenters. The molecule has 28 heavy (non-hydrogen) atoms. The largest absolute Gasteiger partial charge is 0.444 e. The topological polar surface area (TPSA) is 65.0 Å². The number of hydrogen-bond donors (Lipinski definition) is 0. The minimum absolute atomic E-state index is 0.284. The summed E-state index contributed by atoms with van der Waals surface area (Å²) in [4.78, 5) is 8.85. The van der Waals surface area contributed by atoms with Gasteiger partial charge in [0.05, 0.1) is 11.4 Å². The van der Waals surface area contributed by atoms with Crippen LogP contribution in [-0.2, 0) is 11.5 Å². The number of halogens is 1. The Bertz CT molecular complexity index is 1090. The van der Waals surface area contributed by atoms with E-state index >= 15 is 0 Å². The molecule has 142 valence electrons. The molecule has 2 aromatic carbocycles. The Balaban J connectivity index is 1.35. The van der Waals surface area contributed by atoms with Crippen molar-refractivity contribution in [2.24, 2.45) is 0 Å². The first-order valence-corrected chi connectivity index (χ1v) is 9.92. The standard InChI is InChI=1S/C21H18FN3O2S/c1-13-3-6-15(7-4-13)21-23-17(10-26-21)11-28-12-19-24-20(25-27-19)16-8-5-14(2)18(22)9-16/h3-10H,11-12H2,1-2H3. The second kappa shape index (κ2) is 7.98. The first kappa shape index (κ1) is 18.4. The van der Waals surface area contributed by atoms with Gasteiger partial charge in [0.25, 0.3) is 0 Å². The third kappa shape index (κ3) is 4.14. The van der Waals surface area contributed by atoms with Gasteiger partial charge in [-0.2, -0.15) is 4.98 Å². The fourth-order valence-electron chi connectivity index (χ4n) is 2.61. The average molecular weight is 395 g/mol. The van der Waals surface area contributed by atoms with Crippen molar-refractivity contribution in [3.8, 4) is 22.8 Å². The maximum absolute atomic E-state index is 13.7. The van der Waals surface area contributed by atoms with Crippen LogP contribution in [-0.4, -0.2) is 15.1 Å². The zero-order chi connectivity index (χ0) is 19.5. The average Bonchev–Trinajstić information content (AvgIpc) is 3.35. The van der Waals surface area contributed by atoms with E-state index in [4.69, 9.17) is 8.94 Å². The Hall–Kier alpha value is -2.93. The SMILES string of the molecule is Cc1ccc(-c2nc(CSCc3nc(-c4ccc(C)c(F)c4)no3)co2)cc1. The van der Waals surface area contributed by atoms with Gasteiger partial charge in [0.15, 0.2) is 0 Å². The zero-order valence-electron chi connectivity index (χ0n) is 15.5. The fraction of sp³-hybridized carbons (Fsp3) is 0.190. The molecular weight excluding hydrogens is 377 g/mol. The fourth-order valence-corrected chi connectivity index (χ4v) is 3.34. The highest BCUT2D eigenvalue weighted by atomic mass is 32.2. The number of nitrogens with zero attached hydrogens (tertiary/aromatic N) is 3. The van der Waals surface area contributed by atoms with Crippen molar-refractivity contribution in [1.82, 2.24) is 15.1 Å². The van der Waals surface area contributed by atoms with Gasteiger partial charge in [0.2, 0.25) is 17.6 Å². The second-order valence-corrected chi connectivity index (χ2v) is 7.46. The second-order valence-electron chi connectivity index (χ2n) is 6.48. The third-order valence-electron chi connectivity index (χ3n) is 4.22. The molecule has 2 aromatic heterocycles. The summed E-state index contributed by atoms with van der Waals surface area (Å²) >= 11 is 1.59. The summed E-state index contributed by atoms with van der Waals surface area (Å²) in [5.41, 5.74) is 4.18. The molecule has 0 fully saturated rings. The molecule has 2 heterocycles. The first-order valence-electron chi connectivity index (χ1n) is 8.77. The molecule has 0 atom stereocenters. The van der Waals surface area contributed by atoms with E-state index in [0.717, 1.165) is 11.3 Å². The maximum Gasteiger partial charge on any atom is 0.236 e. The van der Waals surface area contributed by atoms with Crippen molar-refractivity contribution in [2.75, 3.05) is 0 Å². The number of aromatic nitrogens is 3. The number of oxazole rings is 1. The molecule has 0 aliphatic rings. The van der Waals surface area contributed by atoms with Gasteiger partial charge in [0, 0.05) is 16.9 Å². The van der Waals surface area contributed by atoms with E-state index in [2.05, 4.69) is 15.1 Å². The van der Waals surface area contributed by atoms with Gasteiger partial charge in [-0.05, 0) is 37.6 Å². The molecule has 0 spiro atoms. The van der Waals surface area contributed by atoms with E-state index in [9.17, 15) is 4.39 Å². The summed E-state index contributed by atoms with van der Waals surface area (Å²) in [6, 6.07) is 12.9. The van der Waals surface area contributed by atoms with E-state index in [0.29, 0.717) is 40.2 Å². The van der Waals surface area contributed by atoms with Gasteiger partial charge in [-0.3, -0.25) is 0 Å². The Morgan fingerprint density at radius 2 is 1.75 bits per heavy atom. The lowest BCUT2D eigenvalue weighted by Crippen LogP contribution is -1.87. The summed E-state index contributed by atoms with van der Waals surface area (Å²) < 4.78 is 24.5. The van der Waals surface area contributed by atoms with Gasteiger partial charge < -0.3 is 8.94 Å². The minimum atomic E-state index is -0.284. The summed E-state index contributed by atoms with van der Waals surface area (Å²) in [6.07, 6.45) is 1.66. The van der Waals surface area contributed by atoms with E-state index in [1.54, 1.807) is 37.1 Å². The maximum atomic E-state index is 13.7. The number of thioether (sulfide) groups is 1. The molecule has 0 N–H and O–H groups in total. The molecule has 4 aromatic rings. The predicted octanol–water partition coefficient (Wildman–Crippen LogP) is 5.58. The van der Waals surface area contributed by atoms with Crippen LogP contribution in [0.4, 0.5) is 4.39 Å².